The number of rotatable bonds is 5. The van der Waals surface area contributed by atoms with E-state index in [0.29, 0.717) is 12.7 Å². The summed E-state index contributed by atoms with van der Waals surface area (Å²) in [6.45, 7) is 3.47. The van der Waals surface area contributed by atoms with Crippen LogP contribution >= 0.6 is 11.3 Å². The molecule has 0 saturated heterocycles. The minimum Gasteiger partial charge on any atom is -0.370 e. The van der Waals surface area contributed by atoms with Gasteiger partial charge in [0.15, 0.2) is 5.82 Å². The molecular weight excluding hydrogens is 270 g/mol. The summed E-state index contributed by atoms with van der Waals surface area (Å²) in [4.78, 5) is 10.3. The number of ether oxygens (including phenoxy) is 1. The second-order valence-corrected chi connectivity index (χ2v) is 6.12. The van der Waals surface area contributed by atoms with Crippen LogP contribution in [0.25, 0.3) is 10.2 Å². The molecule has 4 nitrogen and oxygen atoms in total. The highest BCUT2D eigenvalue weighted by Crippen LogP contribution is 2.26. The number of thiophene rings is 1. The monoisotopic (exact) mass is 291 g/mol. The summed E-state index contributed by atoms with van der Waals surface area (Å²) in [5.41, 5.74) is 0. The molecular formula is C15H21N3OS. The van der Waals surface area contributed by atoms with E-state index in [9.17, 15) is 0 Å². The van der Waals surface area contributed by atoms with E-state index in [1.165, 1.54) is 32.1 Å². The van der Waals surface area contributed by atoms with Gasteiger partial charge in [-0.15, -0.1) is 11.3 Å². The fourth-order valence-corrected chi connectivity index (χ4v) is 3.47. The predicted octanol–water partition coefficient (Wildman–Crippen LogP) is 3.97. The zero-order valence-corrected chi connectivity index (χ0v) is 12.7. The predicted molar refractivity (Wildman–Crippen MR) is 83.2 cm³/mol. The highest BCUT2D eigenvalue weighted by molar-refractivity contribution is 7.16. The van der Waals surface area contributed by atoms with E-state index in [2.05, 4.69) is 33.7 Å². The van der Waals surface area contributed by atoms with Crippen LogP contribution in [0.15, 0.2) is 11.4 Å². The van der Waals surface area contributed by atoms with E-state index >= 15 is 0 Å². The van der Waals surface area contributed by atoms with Gasteiger partial charge in [0.1, 0.15) is 17.3 Å². The van der Waals surface area contributed by atoms with Gasteiger partial charge in [-0.1, -0.05) is 19.3 Å². The Morgan fingerprint density at radius 3 is 2.95 bits per heavy atom. The fraction of sp³-hybridized carbons (Fsp3) is 0.600. The summed E-state index contributed by atoms with van der Waals surface area (Å²) < 4.78 is 5.98. The second kappa shape index (κ2) is 6.50. The SMILES string of the molecule is CCNc1nc(COC2CCCCC2)nc2sccc12. The van der Waals surface area contributed by atoms with Crippen LogP contribution in [0.2, 0.25) is 0 Å². The van der Waals surface area contributed by atoms with E-state index in [-0.39, 0.29) is 0 Å². The zero-order valence-electron chi connectivity index (χ0n) is 11.9. The number of hydrogen-bond acceptors (Lipinski definition) is 5. The Labute approximate surface area is 123 Å². The molecule has 20 heavy (non-hydrogen) atoms. The number of aromatic nitrogens is 2. The van der Waals surface area contributed by atoms with Crippen molar-refractivity contribution < 1.29 is 4.74 Å². The average Bonchev–Trinajstić information content (AvgIpc) is 2.95. The molecule has 0 unspecified atom stereocenters. The van der Waals surface area contributed by atoms with Gasteiger partial charge >= 0.3 is 0 Å². The molecule has 1 aliphatic rings. The third-order valence-electron chi connectivity index (χ3n) is 3.72. The van der Waals surface area contributed by atoms with Gasteiger partial charge in [0.2, 0.25) is 0 Å². The third kappa shape index (κ3) is 3.10. The highest BCUT2D eigenvalue weighted by atomic mass is 32.1. The summed E-state index contributed by atoms with van der Waals surface area (Å²) in [5.74, 6) is 1.72. The highest BCUT2D eigenvalue weighted by Gasteiger charge is 2.15. The topological polar surface area (TPSA) is 47.0 Å². The van der Waals surface area contributed by atoms with Gasteiger partial charge in [-0.3, -0.25) is 0 Å². The first-order valence-electron chi connectivity index (χ1n) is 7.46. The first-order valence-corrected chi connectivity index (χ1v) is 8.34. The molecule has 0 aliphatic heterocycles. The van der Waals surface area contributed by atoms with Crippen molar-refractivity contribution in [1.82, 2.24) is 9.97 Å². The number of hydrogen-bond donors (Lipinski definition) is 1. The van der Waals surface area contributed by atoms with Crippen LogP contribution in [0.4, 0.5) is 5.82 Å². The van der Waals surface area contributed by atoms with Crippen molar-refractivity contribution in [3.63, 3.8) is 0 Å². The number of nitrogens with one attached hydrogen (secondary N) is 1. The molecule has 1 aliphatic carbocycles. The van der Waals surface area contributed by atoms with Crippen LogP contribution in [-0.2, 0) is 11.3 Å². The Kier molecular flexibility index (Phi) is 4.47. The van der Waals surface area contributed by atoms with Crippen LogP contribution < -0.4 is 5.32 Å². The Morgan fingerprint density at radius 1 is 1.30 bits per heavy atom. The van der Waals surface area contributed by atoms with Crippen molar-refractivity contribution in [3.8, 4) is 0 Å². The first kappa shape index (κ1) is 13.8. The van der Waals surface area contributed by atoms with Gasteiger partial charge in [0, 0.05) is 6.54 Å². The minimum atomic E-state index is 0.397. The molecule has 0 aromatic carbocycles. The van der Waals surface area contributed by atoms with Crippen LogP contribution in [0.5, 0.6) is 0 Å². The van der Waals surface area contributed by atoms with Gasteiger partial charge in [0.25, 0.3) is 0 Å². The van der Waals surface area contributed by atoms with E-state index in [0.717, 1.165) is 28.4 Å². The Hall–Kier alpha value is -1.20. The quantitative estimate of drug-likeness (QED) is 0.905. The summed E-state index contributed by atoms with van der Waals surface area (Å²) >= 11 is 1.66. The minimum absolute atomic E-state index is 0.397. The molecule has 2 heterocycles. The molecule has 0 bridgehead atoms. The first-order chi connectivity index (χ1) is 9.86. The molecule has 0 atom stereocenters. The van der Waals surface area contributed by atoms with Gasteiger partial charge < -0.3 is 10.1 Å². The van der Waals surface area contributed by atoms with Gasteiger partial charge in [0.05, 0.1) is 11.5 Å². The summed E-state index contributed by atoms with van der Waals surface area (Å²) in [5, 5.41) is 6.49. The molecule has 0 radical (unpaired) electrons. The molecule has 108 valence electrons. The van der Waals surface area contributed by atoms with Crippen molar-refractivity contribution in [2.75, 3.05) is 11.9 Å². The fourth-order valence-electron chi connectivity index (χ4n) is 2.69. The third-order valence-corrected chi connectivity index (χ3v) is 4.52. The molecule has 0 spiro atoms. The Morgan fingerprint density at radius 2 is 2.15 bits per heavy atom. The largest absolute Gasteiger partial charge is 0.370 e. The summed E-state index contributed by atoms with van der Waals surface area (Å²) in [7, 11) is 0. The van der Waals surface area contributed by atoms with Gasteiger partial charge in [-0.05, 0) is 31.2 Å². The smallest absolute Gasteiger partial charge is 0.158 e. The molecule has 0 amide bonds. The molecule has 1 fully saturated rings. The van der Waals surface area contributed by atoms with Gasteiger partial charge in [-0.25, -0.2) is 9.97 Å². The molecule has 2 aromatic heterocycles. The molecule has 1 saturated carbocycles. The van der Waals surface area contributed by atoms with Gasteiger partial charge in [-0.2, -0.15) is 0 Å². The lowest BCUT2D eigenvalue weighted by molar-refractivity contribution is 0.0137. The van der Waals surface area contributed by atoms with Crippen LogP contribution in [0.1, 0.15) is 44.9 Å². The molecule has 2 aromatic rings. The van der Waals surface area contributed by atoms with Crippen molar-refractivity contribution in [2.45, 2.75) is 51.7 Å². The Balaban J connectivity index is 1.73. The van der Waals surface area contributed by atoms with Crippen LogP contribution in [-0.4, -0.2) is 22.6 Å². The summed E-state index contributed by atoms with van der Waals surface area (Å²) in [6, 6.07) is 2.07. The lowest BCUT2D eigenvalue weighted by atomic mass is 9.98. The molecule has 3 rings (SSSR count). The van der Waals surface area contributed by atoms with Crippen LogP contribution in [0.3, 0.4) is 0 Å². The van der Waals surface area contributed by atoms with Crippen molar-refractivity contribution in [2.24, 2.45) is 0 Å². The average molecular weight is 291 g/mol. The van der Waals surface area contributed by atoms with Crippen LogP contribution in [0, 0.1) is 0 Å². The maximum absolute atomic E-state index is 5.98. The van der Waals surface area contributed by atoms with Crippen molar-refractivity contribution in [1.29, 1.82) is 0 Å². The normalized spacial score (nSPS) is 16.6. The van der Waals surface area contributed by atoms with Crippen molar-refractivity contribution in [3.05, 3.63) is 17.3 Å². The zero-order chi connectivity index (χ0) is 13.8. The van der Waals surface area contributed by atoms with E-state index in [1.54, 1.807) is 11.3 Å². The maximum Gasteiger partial charge on any atom is 0.158 e. The maximum atomic E-state index is 5.98. The second-order valence-electron chi connectivity index (χ2n) is 5.23. The summed E-state index contributed by atoms with van der Waals surface area (Å²) in [6.07, 6.45) is 6.69. The number of anilines is 1. The molecule has 5 heteroatoms. The number of nitrogens with zero attached hydrogens (tertiary/aromatic N) is 2. The van der Waals surface area contributed by atoms with E-state index in [1.807, 2.05) is 0 Å². The lowest BCUT2D eigenvalue weighted by Crippen LogP contribution is -2.17. The van der Waals surface area contributed by atoms with E-state index < -0.39 is 0 Å². The number of fused-ring (bicyclic) bond motifs is 1. The van der Waals surface area contributed by atoms with E-state index in [4.69, 9.17) is 4.74 Å². The lowest BCUT2D eigenvalue weighted by Gasteiger charge is -2.21. The standard InChI is InChI=1S/C15H21N3OS/c1-2-16-14-12-8-9-20-15(12)18-13(17-14)10-19-11-6-4-3-5-7-11/h8-9,11H,2-7,10H2,1H3,(H,16,17,18). The Bertz CT molecular complexity index is 563. The molecule has 1 N–H and O–H groups in total. The van der Waals surface area contributed by atoms with Crippen molar-refractivity contribution >= 4 is 27.4 Å².